The molecule has 1 aliphatic heterocycles. The number of hydrogen-bond donors (Lipinski definition) is 2. The first kappa shape index (κ1) is 14.4. The van der Waals surface area contributed by atoms with Crippen molar-refractivity contribution in [2.75, 3.05) is 19.7 Å². The topological polar surface area (TPSA) is 58.5 Å². The van der Waals surface area contributed by atoms with E-state index in [4.69, 9.17) is 4.74 Å². The number of nitrogens with one attached hydrogen (secondary N) is 2. The van der Waals surface area contributed by atoms with E-state index in [1.807, 2.05) is 6.92 Å². The van der Waals surface area contributed by atoms with Crippen LogP contribution in [0.4, 0.5) is 13.2 Å². The molecule has 0 amide bonds. The molecule has 0 radical (unpaired) electrons. The van der Waals surface area contributed by atoms with Crippen LogP contribution in [-0.2, 0) is 6.18 Å². The Hall–Kier alpha value is -1.99. The lowest BCUT2D eigenvalue weighted by Crippen LogP contribution is -2.39. The largest absolute Gasteiger partial charge is 0.476 e. The molecule has 110 valence electrons. The van der Waals surface area contributed by atoms with E-state index in [1.54, 1.807) is 0 Å². The Morgan fingerprint density at radius 1 is 1.45 bits per heavy atom. The normalized spacial score (nSPS) is 18.4. The van der Waals surface area contributed by atoms with Gasteiger partial charge in [-0.1, -0.05) is 0 Å². The highest BCUT2D eigenvalue weighted by Crippen LogP contribution is 2.29. The Labute approximate surface area is 114 Å². The molecule has 8 heteroatoms. The van der Waals surface area contributed by atoms with E-state index in [0.29, 0.717) is 18.5 Å². The number of pyridine rings is 1. The smallest absolute Gasteiger partial charge is 0.417 e. The Morgan fingerprint density at radius 3 is 2.80 bits per heavy atom. The van der Waals surface area contributed by atoms with Gasteiger partial charge in [-0.15, -0.1) is 0 Å². The Kier molecular flexibility index (Phi) is 4.31. The number of hydrogen-bond acceptors (Lipinski definition) is 5. The first-order valence-corrected chi connectivity index (χ1v) is 6.16. The molecule has 1 unspecified atom stereocenters. The molecule has 2 N–H and O–H groups in total. The molecule has 5 nitrogen and oxygen atoms in total. The molecule has 0 spiro atoms. The molecule has 0 fully saturated rings. The van der Waals surface area contributed by atoms with Crippen LogP contribution in [0.15, 0.2) is 23.3 Å². The molecule has 20 heavy (non-hydrogen) atoms. The van der Waals surface area contributed by atoms with Gasteiger partial charge in [0.25, 0.3) is 0 Å². The van der Waals surface area contributed by atoms with Gasteiger partial charge in [-0.05, 0) is 13.0 Å². The zero-order valence-corrected chi connectivity index (χ0v) is 10.9. The molecule has 1 aromatic rings. The van der Waals surface area contributed by atoms with Crippen LogP contribution in [0.5, 0.6) is 5.88 Å². The van der Waals surface area contributed by atoms with Gasteiger partial charge in [0.15, 0.2) is 5.96 Å². The van der Waals surface area contributed by atoms with Crippen molar-refractivity contribution in [1.82, 2.24) is 15.6 Å². The van der Waals surface area contributed by atoms with Gasteiger partial charge in [0.05, 0.1) is 18.7 Å². The van der Waals surface area contributed by atoms with Crippen molar-refractivity contribution in [2.45, 2.75) is 19.1 Å². The van der Waals surface area contributed by atoms with Crippen LogP contribution in [0.2, 0.25) is 0 Å². The highest BCUT2D eigenvalue weighted by atomic mass is 19.4. The van der Waals surface area contributed by atoms with Crippen molar-refractivity contribution in [3.63, 3.8) is 0 Å². The maximum absolute atomic E-state index is 12.3. The van der Waals surface area contributed by atoms with Crippen LogP contribution in [-0.4, -0.2) is 36.7 Å². The third-order valence-electron chi connectivity index (χ3n) is 2.61. The number of ether oxygens (including phenoxy) is 1. The number of alkyl halides is 3. The van der Waals surface area contributed by atoms with Crippen molar-refractivity contribution >= 4 is 5.96 Å². The van der Waals surface area contributed by atoms with Crippen molar-refractivity contribution < 1.29 is 17.9 Å². The molecule has 0 aromatic carbocycles. The third-order valence-corrected chi connectivity index (χ3v) is 2.61. The lowest BCUT2D eigenvalue weighted by Gasteiger charge is -2.10. The molecule has 1 atom stereocenters. The number of aliphatic imine (C=N–C) groups is 1. The lowest BCUT2D eigenvalue weighted by atomic mass is 10.3. The highest BCUT2D eigenvalue weighted by molar-refractivity contribution is 5.81. The van der Waals surface area contributed by atoms with Gasteiger partial charge in [-0.3, -0.25) is 4.99 Å². The van der Waals surface area contributed by atoms with Crippen LogP contribution >= 0.6 is 0 Å². The fraction of sp³-hybridized carbons (Fsp3) is 0.500. The Morgan fingerprint density at radius 2 is 2.25 bits per heavy atom. The predicted molar refractivity (Wildman–Crippen MR) is 67.6 cm³/mol. The molecular formula is C12H15F3N4O. The van der Waals surface area contributed by atoms with E-state index in [2.05, 4.69) is 20.6 Å². The van der Waals surface area contributed by atoms with E-state index >= 15 is 0 Å². The van der Waals surface area contributed by atoms with Gasteiger partial charge in [0.2, 0.25) is 5.88 Å². The summed E-state index contributed by atoms with van der Waals surface area (Å²) in [5.41, 5.74) is -0.790. The van der Waals surface area contributed by atoms with Crippen LogP contribution in [0.3, 0.4) is 0 Å². The van der Waals surface area contributed by atoms with E-state index in [9.17, 15) is 13.2 Å². The van der Waals surface area contributed by atoms with Crippen molar-refractivity contribution in [2.24, 2.45) is 4.99 Å². The molecule has 0 saturated carbocycles. The van der Waals surface area contributed by atoms with Gasteiger partial charge < -0.3 is 15.4 Å². The molecule has 0 saturated heterocycles. The fourth-order valence-corrected chi connectivity index (χ4v) is 1.62. The van der Waals surface area contributed by atoms with Crippen LogP contribution < -0.4 is 15.4 Å². The van der Waals surface area contributed by atoms with Crippen LogP contribution in [0.1, 0.15) is 12.5 Å². The number of aromatic nitrogens is 1. The molecule has 0 aliphatic carbocycles. The summed E-state index contributed by atoms with van der Waals surface area (Å²) in [4.78, 5) is 7.81. The minimum absolute atomic E-state index is 0.162. The summed E-state index contributed by atoms with van der Waals surface area (Å²) in [6.07, 6.45) is -3.62. The highest BCUT2D eigenvalue weighted by Gasteiger charge is 2.30. The summed E-state index contributed by atoms with van der Waals surface area (Å²) < 4.78 is 42.2. The monoisotopic (exact) mass is 288 g/mol. The summed E-state index contributed by atoms with van der Waals surface area (Å²) in [6, 6.07) is 2.46. The second-order valence-corrected chi connectivity index (χ2v) is 4.39. The van der Waals surface area contributed by atoms with Crippen molar-refractivity contribution in [3.05, 3.63) is 23.9 Å². The lowest BCUT2D eigenvalue weighted by molar-refractivity contribution is -0.137. The van der Waals surface area contributed by atoms with Gasteiger partial charge in [-0.25, -0.2) is 4.98 Å². The molecule has 1 aliphatic rings. The maximum atomic E-state index is 12.3. The SMILES string of the molecule is CC1CN=C(NCCOc2ccc(C(F)(F)F)cn2)N1. The molecular weight excluding hydrogens is 273 g/mol. The maximum Gasteiger partial charge on any atom is 0.417 e. The van der Waals surface area contributed by atoms with Crippen LogP contribution in [0.25, 0.3) is 0 Å². The van der Waals surface area contributed by atoms with E-state index in [-0.39, 0.29) is 12.5 Å². The van der Waals surface area contributed by atoms with Crippen LogP contribution in [0, 0.1) is 0 Å². The zero-order chi connectivity index (χ0) is 14.6. The van der Waals surface area contributed by atoms with Crippen molar-refractivity contribution in [3.8, 4) is 5.88 Å². The second-order valence-electron chi connectivity index (χ2n) is 4.39. The third kappa shape index (κ3) is 4.01. The van der Waals surface area contributed by atoms with Gasteiger partial charge in [0, 0.05) is 18.3 Å². The molecule has 1 aromatic heterocycles. The quantitative estimate of drug-likeness (QED) is 0.823. The van der Waals surface area contributed by atoms with Gasteiger partial charge in [0.1, 0.15) is 6.61 Å². The Balaban J connectivity index is 1.72. The molecule has 2 rings (SSSR count). The first-order valence-electron chi connectivity index (χ1n) is 6.16. The number of guanidine groups is 1. The standard InChI is InChI=1S/C12H15F3N4O/c1-8-6-18-11(19-8)16-4-5-20-10-3-2-9(7-17-10)12(13,14)15/h2-3,7-8H,4-6H2,1H3,(H2,16,18,19). The first-order chi connectivity index (χ1) is 9.45. The summed E-state index contributed by atoms with van der Waals surface area (Å²) in [5.74, 6) is 0.871. The van der Waals surface area contributed by atoms with Crippen molar-refractivity contribution in [1.29, 1.82) is 0 Å². The van der Waals surface area contributed by atoms with Gasteiger partial charge in [-0.2, -0.15) is 13.2 Å². The summed E-state index contributed by atoms with van der Waals surface area (Å²) in [6.45, 7) is 3.51. The fourth-order valence-electron chi connectivity index (χ4n) is 1.62. The average Bonchev–Trinajstić information content (AvgIpc) is 2.80. The summed E-state index contributed by atoms with van der Waals surface area (Å²) in [7, 11) is 0. The Bertz CT molecular complexity index is 473. The predicted octanol–water partition coefficient (Wildman–Crippen LogP) is 1.42. The van der Waals surface area contributed by atoms with Gasteiger partial charge >= 0.3 is 6.18 Å². The second kappa shape index (κ2) is 5.98. The van der Waals surface area contributed by atoms with E-state index in [0.717, 1.165) is 18.8 Å². The minimum Gasteiger partial charge on any atom is -0.476 e. The molecule has 2 heterocycles. The number of rotatable bonds is 4. The van der Waals surface area contributed by atoms with E-state index in [1.165, 1.54) is 6.07 Å². The number of halogens is 3. The summed E-state index contributed by atoms with van der Waals surface area (Å²) in [5, 5.41) is 6.14. The zero-order valence-electron chi connectivity index (χ0n) is 10.9. The average molecular weight is 288 g/mol. The minimum atomic E-state index is -4.38. The van der Waals surface area contributed by atoms with E-state index < -0.39 is 11.7 Å². The number of nitrogens with zero attached hydrogens (tertiary/aromatic N) is 2. The summed E-state index contributed by atoms with van der Waals surface area (Å²) >= 11 is 0. The molecule has 0 bridgehead atoms.